The summed E-state index contributed by atoms with van der Waals surface area (Å²) in [6.07, 6.45) is 3.50. The lowest BCUT2D eigenvalue weighted by Crippen LogP contribution is -2.45. The van der Waals surface area contributed by atoms with Crippen LogP contribution in [0.5, 0.6) is 0 Å². The molecule has 14 heavy (non-hydrogen) atoms. The molecule has 0 spiro atoms. The van der Waals surface area contributed by atoms with E-state index in [9.17, 15) is 4.79 Å². The second-order valence-corrected chi connectivity index (χ2v) is 4.40. The number of hydrogen-bond acceptors (Lipinski definition) is 3. The molecule has 1 heterocycles. The van der Waals surface area contributed by atoms with Gasteiger partial charge in [-0.1, -0.05) is 0 Å². The van der Waals surface area contributed by atoms with Gasteiger partial charge in [0.2, 0.25) is 5.91 Å². The zero-order valence-corrected chi connectivity index (χ0v) is 9.67. The zero-order chi connectivity index (χ0) is 10.6. The van der Waals surface area contributed by atoms with Crippen molar-refractivity contribution in [2.24, 2.45) is 11.7 Å². The van der Waals surface area contributed by atoms with Crippen LogP contribution >= 0.6 is 12.6 Å². The quantitative estimate of drug-likeness (QED) is 0.688. The first-order chi connectivity index (χ1) is 6.66. The number of carbonyl (C=O) groups excluding carboxylic acids is 1. The van der Waals surface area contributed by atoms with Gasteiger partial charge in [0.1, 0.15) is 0 Å². The van der Waals surface area contributed by atoms with Gasteiger partial charge < -0.3 is 10.6 Å². The molecule has 2 unspecified atom stereocenters. The van der Waals surface area contributed by atoms with E-state index in [-0.39, 0.29) is 17.9 Å². The molecule has 1 amide bonds. The largest absolute Gasteiger partial charge is 0.342 e. The average Bonchev–Trinajstić information content (AvgIpc) is 2.19. The third kappa shape index (κ3) is 2.89. The number of amides is 1. The summed E-state index contributed by atoms with van der Waals surface area (Å²) in [7, 11) is 0. The molecule has 0 aromatic carbocycles. The third-order valence-electron chi connectivity index (χ3n) is 2.82. The molecule has 1 aliphatic rings. The molecule has 1 rings (SSSR count). The summed E-state index contributed by atoms with van der Waals surface area (Å²) in [5.74, 6) is 0.624. The van der Waals surface area contributed by atoms with Crippen LogP contribution in [0.2, 0.25) is 0 Å². The fourth-order valence-corrected chi connectivity index (χ4v) is 2.31. The Hall–Kier alpha value is -0.220. The van der Waals surface area contributed by atoms with Crippen molar-refractivity contribution in [2.75, 3.05) is 18.8 Å². The molecule has 2 N–H and O–H groups in total. The van der Waals surface area contributed by atoms with Crippen molar-refractivity contribution in [3.8, 4) is 0 Å². The summed E-state index contributed by atoms with van der Waals surface area (Å²) in [5, 5.41) is 0. The lowest BCUT2D eigenvalue weighted by atomic mass is 10.0. The number of nitrogens with two attached hydrogens (primary N) is 1. The van der Waals surface area contributed by atoms with Crippen LogP contribution in [-0.4, -0.2) is 35.7 Å². The molecule has 3 nitrogen and oxygen atoms in total. The van der Waals surface area contributed by atoms with Crippen molar-refractivity contribution < 1.29 is 4.79 Å². The maximum absolute atomic E-state index is 12.0. The number of nitrogens with zero attached hydrogens (tertiary/aromatic N) is 1. The van der Waals surface area contributed by atoms with E-state index in [0.717, 1.165) is 25.9 Å². The third-order valence-corrected chi connectivity index (χ3v) is 3.21. The summed E-state index contributed by atoms with van der Waals surface area (Å²) >= 11 is 4.19. The van der Waals surface area contributed by atoms with Crippen LogP contribution in [0, 0.1) is 5.92 Å². The van der Waals surface area contributed by atoms with E-state index in [2.05, 4.69) is 12.6 Å². The number of hydrogen-bond donors (Lipinski definition) is 2. The Balaban J connectivity index is 2.52. The highest BCUT2D eigenvalue weighted by Crippen LogP contribution is 2.14. The van der Waals surface area contributed by atoms with Gasteiger partial charge in [-0.2, -0.15) is 12.6 Å². The van der Waals surface area contributed by atoms with E-state index in [1.54, 1.807) is 0 Å². The zero-order valence-electron chi connectivity index (χ0n) is 8.78. The summed E-state index contributed by atoms with van der Waals surface area (Å²) in [4.78, 5) is 13.9. The molecular weight excluding hydrogens is 196 g/mol. The van der Waals surface area contributed by atoms with Gasteiger partial charge in [-0.15, -0.1) is 0 Å². The Kier molecular flexibility index (Phi) is 4.75. The molecule has 0 bridgehead atoms. The number of rotatable bonds is 3. The van der Waals surface area contributed by atoms with Gasteiger partial charge in [-0.25, -0.2) is 0 Å². The van der Waals surface area contributed by atoms with E-state index in [0.29, 0.717) is 5.75 Å². The van der Waals surface area contributed by atoms with Crippen molar-refractivity contribution in [1.82, 2.24) is 4.90 Å². The van der Waals surface area contributed by atoms with Gasteiger partial charge in [0.25, 0.3) is 0 Å². The first-order valence-electron chi connectivity index (χ1n) is 5.32. The van der Waals surface area contributed by atoms with E-state index in [1.165, 1.54) is 6.42 Å². The highest BCUT2D eigenvalue weighted by Gasteiger charge is 2.26. The Labute approximate surface area is 91.4 Å². The Morgan fingerprint density at radius 3 is 2.43 bits per heavy atom. The number of carbonyl (C=O) groups is 1. The average molecular weight is 216 g/mol. The monoisotopic (exact) mass is 216 g/mol. The number of thiol groups is 1. The Morgan fingerprint density at radius 1 is 1.43 bits per heavy atom. The van der Waals surface area contributed by atoms with E-state index in [1.807, 2.05) is 11.8 Å². The minimum Gasteiger partial charge on any atom is -0.342 e. The second kappa shape index (κ2) is 5.61. The molecule has 0 radical (unpaired) electrons. The molecule has 1 aliphatic heterocycles. The van der Waals surface area contributed by atoms with Crippen LogP contribution in [0.1, 0.15) is 26.2 Å². The molecule has 0 saturated carbocycles. The smallest absolute Gasteiger partial charge is 0.228 e. The first-order valence-corrected chi connectivity index (χ1v) is 5.95. The molecule has 0 aromatic rings. The van der Waals surface area contributed by atoms with Crippen LogP contribution in [-0.2, 0) is 4.79 Å². The standard InChI is InChI=1S/C10H20N2OS/c1-8(11)9(7-14)10(13)12-5-3-2-4-6-12/h8-9,14H,2-7,11H2,1H3. The van der Waals surface area contributed by atoms with E-state index < -0.39 is 0 Å². The topological polar surface area (TPSA) is 46.3 Å². The van der Waals surface area contributed by atoms with Gasteiger partial charge in [0.05, 0.1) is 5.92 Å². The Morgan fingerprint density at radius 2 is 2.00 bits per heavy atom. The number of piperidine rings is 1. The van der Waals surface area contributed by atoms with Crippen molar-refractivity contribution in [2.45, 2.75) is 32.2 Å². The fraction of sp³-hybridized carbons (Fsp3) is 0.900. The maximum Gasteiger partial charge on any atom is 0.228 e. The molecule has 0 aromatic heterocycles. The summed E-state index contributed by atoms with van der Waals surface area (Å²) in [6.45, 7) is 3.67. The summed E-state index contributed by atoms with van der Waals surface area (Å²) < 4.78 is 0. The predicted octanol–water partition coefficient (Wildman–Crippen LogP) is 0.892. The maximum atomic E-state index is 12.0. The van der Waals surface area contributed by atoms with Crippen molar-refractivity contribution in [1.29, 1.82) is 0 Å². The van der Waals surface area contributed by atoms with Crippen molar-refractivity contribution in [3.63, 3.8) is 0 Å². The van der Waals surface area contributed by atoms with Crippen LogP contribution in [0.25, 0.3) is 0 Å². The first kappa shape index (κ1) is 11.9. The Bertz CT molecular complexity index is 191. The van der Waals surface area contributed by atoms with Gasteiger partial charge in [-0.05, 0) is 26.2 Å². The molecule has 82 valence electrons. The molecule has 2 atom stereocenters. The fourth-order valence-electron chi connectivity index (χ4n) is 1.82. The molecule has 1 saturated heterocycles. The van der Waals surface area contributed by atoms with Crippen molar-refractivity contribution in [3.05, 3.63) is 0 Å². The lowest BCUT2D eigenvalue weighted by Gasteiger charge is -2.31. The van der Waals surface area contributed by atoms with Crippen LogP contribution in [0.3, 0.4) is 0 Å². The van der Waals surface area contributed by atoms with E-state index in [4.69, 9.17) is 5.73 Å². The molecular formula is C10H20N2OS. The number of likely N-dealkylation sites (tertiary alicyclic amines) is 1. The minimum absolute atomic E-state index is 0.0954. The van der Waals surface area contributed by atoms with Crippen molar-refractivity contribution >= 4 is 18.5 Å². The second-order valence-electron chi connectivity index (χ2n) is 4.03. The molecule has 0 aliphatic carbocycles. The summed E-state index contributed by atoms with van der Waals surface area (Å²) in [6, 6.07) is -0.0954. The van der Waals surface area contributed by atoms with Gasteiger partial charge >= 0.3 is 0 Å². The SMILES string of the molecule is CC(N)C(CS)C(=O)N1CCCCC1. The minimum atomic E-state index is -0.114. The van der Waals surface area contributed by atoms with Crippen LogP contribution in [0.4, 0.5) is 0 Å². The lowest BCUT2D eigenvalue weighted by molar-refractivity contribution is -0.136. The summed E-state index contributed by atoms with van der Waals surface area (Å²) in [5.41, 5.74) is 5.76. The van der Waals surface area contributed by atoms with Crippen LogP contribution < -0.4 is 5.73 Å². The van der Waals surface area contributed by atoms with E-state index >= 15 is 0 Å². The van der Waals surface area contributed by atoms with Gasteiger partial charge in [-0.3, -0.25) is 4.79 Å². The van der Waals surface area contributed by atoms with Gasteiger partial charge in [0, 0.05) is 24.9 Å². The molecule has 4 heteroatoms. The van der Waals surface area contributed by atoms with Gasteiger partial charge in [0.15, 0.2) is 0 Å². The predicted molar refractivity (Wildman–Crippen MR) is 61.4 cm³/mol. The molecule has 1 fully saturated rings. The normalized spacial score (nSPS) is 21.8. The highest BCUT2D eigenvalue weighted by atomic mass is 32.1. The van der Waals surface area contributed by atoms with Crippen LogP contribution in [0.15, 0.2) is 0 Å². The highest BCUT2D eigenvalue weighted by molar-refractivity contribution is 7.80.